The molecule has 0 saturated carbocycles. The summed E-state index contributed by atoms with van der Waals surface area (Å²) in [6, 6.07) is 30.1. The number of nitrogens with one attached hydrogen (secondary N) is 2. The van der Waals surface area contributed by atoms with E-state index in [2.05, 4.69) is 99.4 Å². The highest BCUT2D eigenvalue weighted by Gasteiger charge is 2.19. The van der Waals surface area contributed by atoms with E-state index in [4.69, 9.17) is 0 Å². The number of rotatable bonds is 9. The van der Waals surface area contributed by atoms with Gasteiger partial charge in [-0.05, 0) is 80.6 Å². The molecule has 0 unspecified atom stereocenters. The first-order chi connectivity index (χ1) is 17.2. The van der Waals surface area contributed by atoms with Gasteiger partial charge in [-0.2, -0.15) is 0 Å². The van der Waals surface area contributed by atoms with E-state index in [1.165, 1.54) is 43.5 Å². The number of benzene rings is 3. The average Bonchev–Trinajstić information content (AvgIpc) is 2.88. The van der Waals surface area contributed by atoms with Crippen molar-refractivity contribution in [2.24, 2.45) is 5.92 Å². The van der Waals surface area contributed by atoms with E-state index < -0.39 is 0 Å². The number of anilines is 2. The lowest BCUT2D eigenvalue weighted by Gasteiger charge is -2.32. The Balaban J connectivity index is 1.08. The van der Waals surface area contributed by atoms with Crippen LogP contribution >= 0.6 is 0 Å². The molecule has 3 aromatic carbocycles. The molecule has 0 atom stereocenters. The summed E-state index contributed by atoms with van der Waals surface area (Å²) in [5.74, 6) is 0.832. The molecule has 180 valence electrons. The number of fused-ring (bicyclic) bond motifs is 1. The number of hydrogen-bond acceptors (Lipinski definition) is 4. The first-order valence-corrected chi connectivity index (χ1v) is 12.9. The zero-order valence-electron chi connectivity index (χ0n) is 20.7. The van der Waals surface area contributed by atoms with Crippen LogP contribution < -0.4 is 10.6 Å². The Kier molecular flexibility index (Phi) is 7.72. The molecule has 35 heavy (non-hydrogen) atoms. The monoisotopic (exact) mass is 464 g/mol. The maximum Gasteiger partial charge on any atom is 0.0726 e. The highest BCUT2D eigenvalue weighted by molar-refractivity contribution is 5.93. The molecule has 0 amide bonds. The van der Waals surface area contributed by atoms with Crippen LogP contribution in [0.3, 0.4) is 0 Å². The van der Waals surface area contributed by atoms with Crippen molar-refractivity contribution in [3.05, 3.63) is 102 Å². The molecule has 1 fully saturated rings. The van der Waals surface area contributed by atoms with E-state index in [0.29, 0.717) is 0 Å². The van der Waals surface area contributed by atoms with Gasteiger partial charge in [-0.1, -0.05) is 60.7 Å². The van der Waals surface area contributed by atoms with E-state index in [-0.39, 0.29) is 0 Å². The quantitative estimate of drug-likeness (QED) is 0.284. The number of likely N-dealkylation sites (tertiary alicyclic amines) is 1. The van der Waals surface area contributed by atoms with Gasteiger partial charge >= 0.3 is 0 Å². The van der Waals surface area contributed by atoms with Crippen LogP contribution in [-0.2, 0) is 13.0 Å². The molecule has 1 aliphatic heterocycles. The fourth-order valence-electron chi connectivity index (χ4n) is 5.16. The summed E-state index contributed by atoms with van der Waals surface area (Å²) < 4.78 is 0. The Bertz CT molecular complexity index is 1230. The van der Waals surface area contributed by atoms with Crippen molar-refractivity contribution < 1.29 is 0 Å². The zero-order chi connectivity index (χ0) is 23.9. The molecule has 5 rings (SSSR count). The van der Waals surface area contributed by atoms with Gasteiger partial charge in [0.15, 0.2) is 0 Å². The Hall–Kier alpha value is -3.21. The van der Waals surface area contributed by atoms with Crippen molar-refractivity contribution in [2.75, 3.05) is 31.5 Å². The predicted octanol–water partition coefficient (Wildman–Crippen LogP) is 6.33. The Morgan fingerprint density at radius 1 is 0.857 bits per heavy atom. The number of piperidine rings is 1. The molecule has 2 heterocycles. The molecule has 1 aromatic heterocycles. The highest BCUT2D eigenvalue weighted by atomic mass is 15.1. The lowest BCUT2D eigenvalue weighted by molar-refractivity contribution is 0.184. The second-order valence-electron chi connectivity index (χ2n) is 9.81. The van der Waals surface area contributed by atoms with Crippen LogP contribution in [0.25, 0.3) is 10.9 Å². The standard InChI is InChI=1S/C31H36N4/c1-24-20-31(29-12-5-6-13-30(29)33-24)34-28-11-7-10-27(22-28)23-32-16-19-35-17-14-26(15-18-35)21-25-8-3-2-4-9-25/h2-13,20,22,26,32H,14-19,21,23H2,1H3,(H,33,34). The largest absolute Gasteiger partial charge is 0.355 e. The average molecular weight is 465 g/mol. The molecule has 1 saturated heterocycles. The van der Waals surface area contributed by atoms with Gasteiger partial charge in [0, 0.05) is 42.1 Å². The number of aromatic nitrogens is 1. The first-order valence-electron chi connectivity index (χ1n) is 12.9. The fraction of sp³-hybridized carbons (Fsp3) is 0.323. The molecule has 0 radical (unpaired) electrons. The Morgan fingerprint density at radius 2 is 1.63 bits per heavy atom. The maximum atomic E-state index is 4.65. The van der Waals surface area contributed by atoms with Gasteiger partial charge in [0.1, 0.15) is 0 Å². The number of hydrogen-bond donors (Lipinski definition) is 2. The Labute approximate surface area is 209 Å². The number of pyridine rings is 1. The third-order valence-corrected chi connectivity index (χ3v) is 7.06. The minimum atomic E-state index is 0.832. The van der Waals surface area contributed by atoms with Gasteiger partial charge in [0.05, 0.1) is 5.52 Å². The smallest absolute Gasteiger partial charge is 0.0726 e. The molecule has 1 aliphatic rings. The van der Waals surface area contributed by atoms with Crippen molar-refractivity contribution in [1.82, 2.24) is 15.2 Å². The molecule has 4 heteroatoms. The summed E-state index contributed by atoms with van der Waals surface area (Å²) in [5.41, 5.74) is 7.04. The molecule has 0 spiro atoms. The van der Waals surface area contributed by atoms with Gasteiger partial charge in [0.2, 0.25) is 0 Å². The van der Waals surface area contributed by atoms with Crippen molar-refractivity contribution in [2.45, 2.75) is 32.7 Å². The SMILES string of the molecule is Cc1cc(Nc2cccc(CNCCN3CCC(Cc4ccccc4)CC3)c2)c2ccccc2n1. The molecular weight excluding hydrogens is 428 g/mol. The molecule has 0 aliphatic carbocycles. The zero-order valence-corrected chi connectivity index (χ0v) is 20.7. The summed E-state index contributed by atoms with van der Waals surface area (Å²) in [6.45, 7) is 7.52. The van der Waals surface area contributed by atoms with Crippen molar-refractivity contribution in [3.8, 4) is 0 Å². The molecule has 2 N–H and O–H groups in total. The van der Waals surface area contributed by atoms with Crippen molar-refractivity contribution >= 4 is 22.3 Å². The van der Waals surface area contributed by atoms with Gasteiger partial charge < -0.3 is 15.5 Å². The van der Waals surface area contributed by atoms with Crippen LogP contribution in [0, 0.1) is 12.8 Å². The van der Waals surface area contributed by atoms with Gasteiger partial charge in [-0.25, -0.2) is 0 Å². The fourth-order valence-corrected chi connectivity index (χ4v) is 5.16. The van der Waals surface area contributed by atoms with E-state index in [1.807, 2.05) is 13.0 Å². The van der Waals surface area contributed by atoms with Crippen LogP contribution in [-0.4, -0.2) is 36.1 Å². The lowest BCUT2D eigenvalue weighted by atomic mass is 9.90. The third kappa shape index (κ3) is 6.47. The van der Waals surface area contributed by atoms with E-state index in [1.54, 1.807) is 0 Å². The summed E-state index contributed by atoms with van der Waals surface area (Å²) in [6.07, 6.45) is 3.85. The molecular formula is C31H36N4. The Morgan fingerprint density at radius 3 is 2.49 bits per heavy atom. The number of aryl methyl sites for hydroxylation is 1. The molecule has 4 aromatic rings. The normalized spacial score (nSPS) is 14.9. The summed E-state index contributed by atoms with van der Waals surface area (Å²) >= 11 is 0. The summed E-state index contributed by atoms with van der Waals surface area (Å²) in [5, 5.41) is 8.41. The summed E-state index contributed by atoms with van der Waals surface area (Å²) in [7, 11) is 0. The first kappa shape index (κ1) is 23.5. The van der Waals surface area contributed by atoms with Gasteiger partial charge in [-0.15, -0.1) is 0 Å². The topological polar surface area (TPSA) is 40.2 Å². The second-order valence-corrected chi connectivity index (χ2v) is 9.81. The van der Waals surface area contributed by atoms with E-state index >= 15 is 0 Å². The third-order valence-electron chi connectivity index (χ3n) is 7.06. The van der Waals surface area contributed by atoms with Gasteiger partial charge in [0.25, 0.3) is 0 Å². The van der Waals surface area contributed by atoms with E-state index in [0.717, 1.165) is 53.5 Å². The maximum absolute atomic E-state index is 4.65. The predicted molar refractivity (Wildman–Crippen MR) is 147 cm³/mol. The second kappa shape index (κ2) is 11.5. The van der Waals surface area contributed by atoms with Crippen molar-refractivity contribution in [3.63, 3.8) is 0 Å². The number of nitrogens with zero attached hydrogens (tertiary/aromatic N) is 2. The van der Waals surface area contributed by atoms with Crippen LogP contribution in [0.4, 0.5) is 11.4 Å². The minimum absolute atomic E-state index is 0.832. The lowest BCUT2D eigenvalue weighted by Crippen LogP contribution is -2.38. The van der Waals surface area contributed by atoms with Crippen LogP contribution in [0.5, 0.6) is 0 Å². The summed E-state index contributed by atoms with van der Waals surface area (Å²) in [4.78, 5) is 7.27. The van der Waals surface area contributed by atoms with Crippen LogP contribution in [0.2, 0.25) is 0 Å². The van der Waals surface area contributed by atoms with Crippen LogP contribution in [0.1, 0.15) is 29.7 Å². The highest BCUT2D eigenvalue weighted by Crippen LogP contribution is 2.27. The molecule has 0 bridgehead atoms. The van der Waals surface area contributed by atoms with Crippen LogP contribution in [0.15, 0.2) is 84.9 Å². The van der Waals surface area contributed by atoms with Crippen molar-refractivity contribution in [1.29, 1.82) is 0 Å². The number of para-hydroxylation sites is 1. The van der Waals surface area contributed by atoms with E-state index in [9.17, 15) is 0 Å². The van der Waals surface area contributed by atoms with Gasteiger partial charge in [-0.3, -0.25) is 4.98 Å². The molecule has 4 nitrogen and oxygen atoms in total. The minimum Gasteiger partial charge on any atom is -0.355 e.